The van der Waals surface area contributed by atoms with E-state index in [1.807, 2.05) is 24.3 Å². The molecule has 0 aromatic heterocycles. The summed E-state index contributed by atoms with van der Waals surface area (Å²) in [5, 5.41) is 0. The highest BCUT2D eigenvalue weighted by atomic mass is 16.5. The summed E-state index contributed by atoms with van der Waals surface area (Å²) in [5.74, 6) is 0.337. The van der Waals surface area contributed by atoms with Gasteiger partial charge in [-0.2, -0.15) is 0 Å². The Kier molecular flexibility index (Phi) is 2.22. The second-order valence-electron chi connectivity index (χ2n) is 4.25. The van der Waals surface area contributed by atoms with E-state index in [4.69, 9.17) is 4.74 Å². The van der Waals surface area contributed by atoms with Crippen molar-refractivity contribution < 1.29 is 9.53 Å². The lowest BCUT2D eigenvalue weighted by atomic mass is 10.1. The molecule has 0 bridgehead atoms. The molecular formula is C15H12O2. The lowest BCUT2D eigenvalue weighted by Gasteiger charge is -2.05. The summed E-state index contributed by atoms with van der Waals surface area (Å²) in [5.41, 5.74) is 5.06. The van der Waals surface area contributed by atoms with E-state index in [1.165, 1.54) is 29.2 Å². The summed E-state index contributed by atoms with van der Waals surface area (Å²) in [6.45, 7) is 1.42. The highest BCUT2D eigenvalue weighted by molar-refractivity contribution is 5.78. The van der Waals surface area contributed by atoms with E-state index in [9.17, 15) is 4.79 Å². The molecule has 2 nitrogen and oxygen atoms in total. The molecule has 0 unspecified atom stereocenters. The topological polar surface area (TPSA) is 26.3 Å². The fourth-order valence-electron chi connectivity index (χ4n) is 2.33. The number of rotatable bonds is 1. The summed E-state index contributed by atoms with van der Waals surface area (Å²) in [6.07, 6.45) is 0.964. The summed E-state index contributed by atoms with van der Waals surface area (Å²) in [7, 11) is 0. The van der Waals surface area contributed by atoms with Crippen molar-refractivity contribution in [2.24, 2.45) is 0 Å². The first-order valence-corrected chi connectivity index (χ1v) is 5.63. The van der Waals surface area contributed by atoms with Crippen LogP contribution in [0.2, 0.25) is 0 Å². The fraction of sp³-hybridized carbons (Fsp3) is 0.133. The quantitative estimate of drug-likeness (QED) is 0.468. The van der Waals surface area contributed by atoms with Crippen LogP contribution in [-0.4, -0.2) is 5.97 Å². The van der Waals surface area contributed by atoms with E-state index >= 15 is 0 Å². The smallest absolute Gasteiger partial charge is 0.308 e. The van der Waals surface area contributed by atoms with Crippen LogP contribution in [0.1, 0.15) is 18.1 Å². The third kappa shape index (κ3) is 1.72. The van der Waals surface area contributed by atoms with Crippen molar-refractivity contribution in [3.05, 3.63) is 53.6 Å². The molecule has 0 spiro atoms. The number of carbonyl (C=O) groups excluding carboxylic acids is 1. The minimum absolute atomic E-state index is 0.281. The zero-order chi connectivity index (χ0) is 11.8. The van der Waals surface area contributed by atoms with E-state index in [0.717, 1.165) is 6.42 Å². The Morgan fingerprint density at radius 3 is 2.65 bits per heavy atom. The maximum Gasteiger partial charge on any atom is 0.308 e. The zero-order valence-electron chi connectivity index (χ0n) is 9.57. The molecule has 3 rings (SSSR count). The molecule has 2 heteroatoms. The SMILES string of the molecule is CC(=O)Oc1ccc2c(c1)-c1ccccc1C2. The third-order valence-corrected chi connectivity index (χ3v) is 3.03. The van der Waals surface area contributed by atoms with Gasteiger partial charge in [-0.25, -0.2) is 0 Å². The van der Waals surface area contributed by atoms with E-state index in [2.05, 4.69) is 18.2 Å². The molecule has 0 atom stereocenters. The average molecular weight is 224 g/mol. The van der Waals surface area contributed by atoms with E-state index < -0.39 is 0 Å². The van der Waals surface area contributed by atoms with Crippen LogP contribution in [0.25, 0.3) is 11.1 Å². The number of esters is 1. The highest BCUT2D eigenvalue weighted by Gasteiger charge is 2.18. The standard InChI is InChI=1S/C15H12O2/c1-10(16)17-13-7-6-12-8-11-4-2-3-5-14(11)15(12)9-13/h2-7,9H,8H2,1H3. The van der Waals surface area contributed by atoms with Crippen molar-refractivity contribution in [2.45, 2.75) is 13.3 Å². The van der Waals surface area contributed by atoms with Crippen LogP contribution in [0.5, 0.6) is 5.75 Å². The van der Waals surface area contributed by atoms with Crippen LogP contribution in [0.4, 0.5) is 0 Å². The van der Waals surface area contributed by atoms with Gasteiger partial charge in [-0.05, 0) is 40.8 Å². The van der Waals surface area contributed by atoms with Gasteiger partial charge in [-0.3, -0.25) is 4.79 Å². The zero-order valence-corrected chi connectivity index (χ0v) is 9.57. The van der Waals surface area contributed by atoms with E-state index in [0.29, 0.717) is 5.75 Å². The van der Waals surface area contributed by atoms with Gasteiger partial charge in [0.2, 0.25) is 0 Å². The van der Waals surface area contributed by atoms with Crippen molar-refractivity contribution in [3.8, 4) is 16.9 Å². The number of hydrogen-bond acceptors (Lipinski definition) is 2. The molecule has 0 fully saturated rings. The van der Waals surface area contributed by atoms with Gasteiger partial charge in [-0.1, -0.05) is 30.3 Å². The first-order valence-electron chi connectivity index (χ1n) is 5.63. The van der Waals surface area contributed by atoms with Gasteiger partial charge in [0.05, 0.1) is 0 Å². The number of ether oxygens (including phenoxy) is 1. The largest absolute Gasteiger partial charge is 0.427 e. The van der Waals surface area contributed by atoms with Crippen molar-refractivity contribution in [1.82, 2.24) is 0 Å². The predicted octanol–water partition coefficient (Wildman–Crippen LogP) is 3.18. The lowest BCUT2D eigenvalue weighted by molar-refractivity contribution is -0.131. The number of hydrogen-bond donors (Lipinski definition) is 0. The van der Waals surface area contributed by atoms with E-state index in [1.54, 1.807) is 0 Å². The fourth-order valence-corrected chi connectivity index (χ4v) is 2.33. The Bertz CT molecular complexity index is 600. The molecule has 0 radical (unpaired) electrons. The summed E-state index contributed by atoms with van der Waals surface area (Å²) < 4.78 is 5.12. The molecule has 17 heavy (non-hydrogen) atoms. The molecule has 0 heterocycles. The molecule has 1 aliphatic carbocycles. The van der Waals surface area contributed by atoms with E-state index in [-0.39, 0.29) is 5.97 Å². The lowest BCUT2D eigenvalue weighted by Crippen LogP contribution is -2.01. The minimum atomic E-state index is -0.281. The predicted molar refractivity (Wildman–Crippen MR) is 66.0 cm³/mol. The van der Waals surface area contributed by atoms with Crippen LogP contribution in [0, 0.1) is 0 Å². The Morgan fingerprint density at radius 2 is 1.82 bits per heavy atom. The molecule has 0 N–H and O–H groups in total. The van der Waals surface area contributed by atoms with Gasteiger partial charge in [0.25, 0.3) is 0 Å². The highest BCUT2D eigenvalue weighted by Crippen LogP contribution is 2.38. The molecule has 0 aliphatic heterocycles. The molecule has 0 amide bonds. The normalized spacial score (nSPS) is 11.8. The number of carbonyl (C=O) groups is 1. The average Bonchev–Trinajstić information content (AvgIpc) is 2.66. The summed E-state index contributed by atoms with van der Waals surface area (Å²) in [4.78, 5) is 10.9. The maximum atomic E-state index is 10.9. The Hall–Kier alpha value is -2.09. The molecule has 2 aromatic rings. The van der Waals surface area contributed by atoms with Gasteiger partial charge < -0.3 is 4.74 Å². The Morgan fingerprint density at radius 1 is 1.06 bits per heavy atom. The Balaban J connectivity index is 2.08. The Labute approximate surface area is 99.9 Å². The van der Waals surface area contributed by atoms with Crippen LogP contribution < -0.4 is 4.74 Å². The minimum Gasteiger partial charge on any atom is -0.427 e. The maximum absolute atomic E-state index is 10.9. The monoisotopic (exact) mass is 224 g/mol. The third-order valence-electron chi connectivity index (χ3n) is 3.03. The number of benzene rings is 2. The molecule has 0 saturated carbocycles. The summed E-state index contributed by atoms with van der Waals surface area (Å²) >= 11 is 0. The van der Waals surface area contributed by atoms with Crippen molar-refractivity contribution in [1.29, 1.82) is 0 Å². The van der Waals surface area contributed by atoms with Gasteiger partial charge in [-0.15, -0.1) is 0 Å². The molecule has 1 aliphatic rings. The first-order chi connectivity index (χ1) is 8.24. The van der Waals surface area contributed by atoms with Crippen LogP contribution in [-0.2, 0) is 11.2 Å². The van der Waals surface area contributed by atoms with Gasteiger partial charge in [0, 0.05) is 6.92 Å². The second-order valence-corrected chi connectivity index (χ2v) is 4.25. The second kappa shape index (κ2) is 3.74. The van der Waals surface area contributed by atoms with Gasteiger partial charge >= 0.3 is 5.97 Å². The molecule has 84 valence electrons. The summed E-state index contributed by atoms with van der Waals surface area (Å²) in [6, 6.07) is 14.2. The van der Waals surface area contributed by atoms with Crippen LogP contribution in [0.15, 0.2) is 42.5 Å². The van der Waals surface area contributed by atoms with Crippen molar-refractivity contribution in [2.75, 3.05) is 0 Å². The molecule has 2 aromatic carbocycles. The van der Waals surface area contributed by atoms with Crippen molar-refractivity contribution >= 4 is 5.97 Å². The van der Waals surface area contributed by atoms with Crippen LogP contribution >= 0.6 is 0 Å². The van der Waals surface area contributed by atoms with Crippen molar-refractivity contribution in [3.63, 3.8) is 0 Å². The number of fused-ring (bicyclic) bond motifs is 3. The molecular weight excluding hydrogens is 212 g/mol. The first kappa shape index (κ1) is 10.1. The molecule has 0 saturated heterocycles. The van der Waals surface area contributed by atoms with Crippen LogP contribution in [0.3, 0.4) is 0 Å². The van der Waals surface area contributed by atoms with Gasteiger partial charge in [0.15, 0.2) is 0 Å². The van der Waals surface area contributed by atoms with Gasteiger partial charge in [0.1, 0.15) is 5.75 Å².